The van der Waals surface area contributed by atoms with Gasteiger partial charge in [0.05, 0.1) is 0 Å². The van der Waals surface area contributed by atoms with Crippen molar-refractivity contribution in [3.63, 3.8) is 0 Å². The summed E-state index contributed by atoms with van der Waals surface area (Å²) in [4.78, 5) is 4.53. The molecule has 0 unspecified atom stereocenters. The Kier molecular flexibility index (Phi) is 6.47. The van der Waals surface area contributed by atoms with Crippen LogP contribution in [0.2, 0.25) is 0 Å². The van der Waals surface area contributed by atoms with Crippen molar-refractivity contribution in [2.24, 2.45) is 10.7 Å². The number of aliphatic imine (C=N–C) groups is 1. The fraction of sp³-hybridized carbons (Fsp3) is 0.200. The summed E-state index contributed by atoms with van der Waals surface area (Å²) in [5.74, 6) is 2.53. The molecule has 0 spiro atoms. The van der Waals surface area contributed by atoms with E-state index in [1.807, 2.05) is 48.5 Å². The third-order valence-corrected chi connectivity index (χ3v) is 5.01. The first-order chi connectivity index (χ1) is 15.2. The second-order valence-electron chi connectivity index (χ2n) is 7.37. The molecule has 6 nitrogen and oxygen atoms in total. The molecular weight excluding hydrogens is 388 g/mol. The highest BCUT2D eigenvalue weighted by Crippen LogP contribution is 2.22. The number of nitrogen functional groups attached to an aromatic ring is 1. The van der Waals surface area contributed by atoms with E-state index in [2.05, 4.69) is 34.6 Å². The van der Waals surface area contributed by atoms with Gasteiger partial charge in [-0.25, -0.2) is 0 Å². The van der Waals surface area contributed by atoms with E-state index < -0.39 is 0 Å². The number of benzene rings is 3. The molecule has 0 radical (unpaired) electrons. The molecular formula is C25H26N4O2. The molecule has 158 valence electrons. The molecule has 0 atom stereocenters. The van der Waals surface area contributed by atoms with Gasteiger partial charge in [0.2, 0.25) is 0 Å². The van der Waals surface area contributed by atoms with E-state index in [0.29, 0.717) is 18.8 Å². The molecule has 0 amide bonds. The average Bonchev–Trinajstić information content (AvgIpc) is 2.83. The van der Waals surface area contributed by atoms with Gasteiger partial charge in [-0.05, 0) is 29.7 Å². The number of rotatable bonds is 8. The summed E-state index contributed by atoms with van der Waals surface area (Å²) in [6.07, 6.45) is 1.09. The molecule has 0 saturated heterocycles. The van der Waals surface area contributed by atoms with E-state index in [4.69, 9.17) is 20.6 Å². The van der Waals surface area contributed by atoms with Crippen LogP contribution in [0, 0.1) is 5.41 Å². The van der Waals surface area contributed by atoms with Crippen molar-refractivity contribution < 1.29 is 9.47 Å². The largest absolute Gasteiger partial charge is 0.489 e. The zero-order valence-corrected chi connectivity index (χ0v) is 17.3. The van der Waals surface area contributed by atoms with E-state index in [1.165, 1.54) is 0 Å². The predicted octanol–water partition coefficient (Wildman–Crippen LogP) is 3.87. The maximum atomic E-state index is 7.45. The standard InChI is InChI=1S/C25H26N4O2/c26-24(27)20-9-5-18(6-10-20)16-30-22-3-1-4-23(15-22)31-17-19-7-11-21(12-8-19)25-28-13-2-14-29-25/h1,3-12,15H,2,13-14,16-17H2,(H3,26,27)(H,28,29). The summed E-state index contributed by atoms with van der Waals surface area (Å²) in [6, 6.07) is 23.4. The molecule has 0 fully saturated rings. The van der Waals surface area contributed by atoms with Crippen molar-refractivity contribution in [1.82, 2.24) is 5.32 Å². The molecule has 6 heteroatoms. The predicted molar refractivity (Wildman–Crippen MR) is 123 cm³/mol. The first-order valence-electron chi connectivity index (χ1n) is 10.3. The maximum Gasteiger partial charge on any atom is 0.128 e. The smallest absolute Gasteiger partial charge is 0.128 e. The van der Waals surface area contributed by atoms with Crippen LogP contribution in [0.3, 0.4) is 0 Å². The van der Waals surface area contributed by atoms with E-state index >= 15 is 0 Å². The highest BCUT2D eigenvalue weighted by Gasteiger charge is 2.07. The molecule has 31 heavy (non-hydrogen) atoms. The fourth-order valence-corrected chi connectivity index (χ4v) is 3.25. The van der Waals surface area contributed by atoms with Gasteiger partial charge >= 0.3 is 0 Å². The molecule has 0 saturated carbocycles. The number of ether oxygens (including phenoxy) is 2. The molecule has 3 aromatic rings. The van der Waals surface area contributed by atoms with Crippen molar-refractivity contribution in [3.8, 4) is 11.5 Å². The molecule has 4 rings (SSSR count). The Bertz CT molecular complexity index is 1060. The zero-order chi connectivity index (χ0) is 21.5. The molecule has 0 aromatic heterocycles. The van der Waals surface area contributed by atoms with E-state index in [0.717, 1.165) is 53.5 Å². The van der Waals surface area contributed by atoms with Gasteiger partial charge in [-0.3, -0.25) is 10.4 Å². The molecule has 1 aliphatic heterocycles. The van der Waals surface area contributed by atoms with Crippen LogP contribution in [0.4, 0.5) is 0 Å². The lowest BCUT2D eigenvalue weighted by atomic mass is 10.1. The Morgan fingerprint density at radius 1 is 0.903 bits per heavy atom. The lowest BCUT2D eigenvalue weighted by molar-refractivity contribution is 0.290. The minimum atomic E-state index is 0.0614. The number of hydrogen-bond acceptors (Lipinski definition) is 5. The Morgan fingerprint density at radius 2 is 1.52 bits per heavy atom. The monoisotopic (exact) mass is 414 g/mol. The number of nitrogens with two attached hydrogens (primary N) is 1. The van der Waals surface area contributed by atoms with Crippen molar-refractivity contribution in [2.45, 2.75) is 19.6 Å². The number of nitrogens with one attached hydrogen (secondary N) is 2. The minimum absolute atomic E-state index is 0.0614. The first kappa shape index (κ1) is 20.5. The number of hydrogen-bond donors (Lipinski definition) is 3. The lowest BCUT2D eigenvalue weighted by Gasteiger charge is -2.15. The van der Waals surface area contributed by atoms with Crippen LogP contribution in [0.5, 0.6) is 11.5 Å². The van der Waals surface area contributed by atoms with Gasteiger partial charge in [0.25, 0.3) is 0 Å². The Balaban J connectivity index is 1.31. The van der Waals surface area contributed by atoms with Gasteiger partial charge in [0.15, 0.2) is 0 Å². The van der Waals surface area contributed by atoms with Gasteiger partial charge in [-0.2, -0.15) is 0 Å². The number of nitrogens with zero attached hydrogens (tertiary/aromatic N) is 1. The minimum Gasteiger partial charge on any atom is -0.489 e. The van der Waals surface area contributed by atoms with Crippen molar-refractivity contribution >= 4 is 11.7 Å². The zero-order valence-electron chi connectivity index (χ0n) is 17.3. The average molecular weight is 415 g/mol. The van der Waals surface area contributed by atoms with E-state index in [-0.39, 0.29) is 5.84 Å². The van der Waals surface area contributed by atoms with Crippen LogP contribution < -0.4 is 20.5 Å². The van der Waals surface area contributed by atoms with Gasteiger partial charge in [0.1, 0.15) is 36.4 Å². The normalized spacial score (nSPS) is 13.1. The molecule has 3 aromatic carbocycles. The summed E-state index contributed by atoms with van der Waals surface area (Å²) >= 11 is 0. The second kappa shape index (κ2) is 9.80. The summed E-state index contributed by atoms with van der Waals surface area (Å²) < 4.78 is 11.8. The van der Waals surface area contributed by atoms with Crippen molar-refractivity contribution in [2.75, 3.05) is 13.1 Å². The molecule has 1 aliphatic rings. The first-order valence-corrected chi connectivity index (χ1v) is 10.3. The third kappa shape index (κ3) is 5.63. The van der Waals surface area contributed by atoms with Crippen LogP contribution in [-0.4, -0.2) is 24.8 Å². The summed E-state index contributed by atoms with van der Waals surface area (Å²) in [5, 5.41) is 10.8. The van der Waals surface area contributed by atoms with Crippen LogP contribution in [0.25, 0.3) is 0 Å². The molecule has 4 N–H and O–H groups in total. The van der Waals surface area contributed by atoms with Crippen LogP contribution in [0.15, 0.2) is 77.8 Å². The van der Waals surface area contributed by atoms with E-state index in [1.54, 1.807) is 0 Å². The lowest BCUT2D eigenvalue weighted by Crippen LogP contribution is -2.30. The highest BCUT2D eigenvalue weighted by atomic mass is 16.5. The van der Waals surface area contributed by atoms with Gasteiger partial charge in [-0.15, -0.1) is 0 Å². The Morgan fingerprint density at radius 3 is 2.06 bits per heavy atom. The van der Waals surface area contributed by atoms with E-state index in [9.17, 15) is 0 Å². The topological polar surface area (TPSA) is 92.7 Å². The van der Waals surface area contributed by atoms with Gasteiger partial charge in [-0.1, -0.05) is 54.6 Å². The van der Waals surface area contributed by atoms with Gasteiger partial charge < -0.3 is 20.5 Å². The molecule has 0 bridgehead atoms. The Labute approximate surface area is 182 Å². The summed E-state index contributed by atoms with van der Waals surface area (Å²) in [7, 11) is 0. The summed E-state index contributed by atoms with van der Waals surface area (Å²) in [5.41, 5.74) is 9.40. The number of amidine groups is 2. The third-order valence-electron chi connectivity index (χ3n) is 5.01. The van der Waals surface area contributed by atoms with Crippen molar-refractivity contribution in [3.05, 3.63) is 95.1 Å². The van der Waals surface area contributed by atoms with Gasteiger partial charge in [0, 0.05) is 30.3 Å². The SMILES string of the molecule is N=C(N)c1ccc(COc2cccc(OCc3ccc(C4=NCCCN4)cc3)c2)cc1. The van der Waals surface area contributed by atoms with Crippen LogP contribution in [-0.2, 0) is 13.2 Å². The van der Waals surface area contributed by atoms with Crippen LogP contribution in [0.1, 0.15) is 28.7 Å². The summed E-state index contributed by atoms with van der Waals surface area (Å²) in [6.45, 7) is 2.78. The fourth-order valence-electron chi connectivity index (χ4n) is 3.25. The highest BCUT2D eigenvalue weighted by molar-refractivity contribution is 5.99. The Hall–Kier alpha value is -3.80. The quantitative estimate of drug-likeness (QED) is 0.385. The molecule has 0 aliphatic carbocycles. The maximum absolute atomic E-state index is 7.45. The second-order valence-corrected chi connectivity index (χ2v) is 7.37. The van der Waals surface area contributed by atoms with Crippen molar-refractivity contribution in [1.29, 1.82) is 5.41 Å². The molecule has 1 heterocycles. The van der Waals surface area contributed by atoms with Crippen LogP contribution >= 0.6 is 0 Å².